The lowest BCUT2D eigenvalue weighted by Crippen LogP contribution is -2.48. The van der Waals surface area contributed by atoms with E-state index in [2.05, 4.69) is 66.8 Å². The highest BCUT2D eigenvalue weighted by molar-refractivity contribution is 5.80. The molecule has 2 fully saturated rings. The number of likely N-dealkylation sites (tertiary alicyclic amines) is 2. The van der Waals surface area contributed by atoms with Crippen molar-refractivity contribution in [1.29, 1.82) is 0 Å². The van der Waals surface area contributed by atoms with Crippen LogP contribution in [0, 0.1) is 0 Å². The molecule has 2 aromatic rings. The second kappa shape index (κ2) is 12.7. The Bertz CT molecular complexity index is 852. The fraction of sp³-hybridized carbons (Fsp3) is 0.556. The number of pyridine rings is 1. The van der Waals surface area contributed by atoms with Gasteiger partial charge in [-0.15, -0.1) is 0 Å². The van der Waals surface area contributed by atoms with Crippen LogP contribution in [0.1, 0.15) is 55.3 Å². The predicted molar refractivity (Wildman–Crippen MR) is 136 cm³/mol. The van der Waals surface area contributed by atoms with Crippen LogP contribution in [0.2, 0.25) is 0 Å². The Hall–Kier alpha value is -2.44. The molecule has 2 saturated heterocycles. The van der Waals surface area contributed by atoms with Crippen molar-refractivity contribution in [2.24, 2.45) is 4.99 Å². The largest absolute Gasteiger partial charge is 0.354 e. The van der Waals surface area contributed by atoms with Crippen molar-refractivity contribution in [3.63, 3.8) is 0 Å². The Morgan fingerprint density at radius 1 is 0.879 bits per heavy atom. The lowest BCUT2D eigenvalue weighted by Gasteiger charge is -2.33. The van der Waals surface area contributed by atoms with Crippen LogP contribution in [0.3, 0.4) is 0 Å². The summed E-state index contributed by atoms with van der Waals surface area (Å²) in [7, 11) is 1.87. The van der Waals surface area contributed by atoms with E-state index in [1.54, 1.807) is 0 Å². The van der Waals surface area contributed by atoms with Crippen LogP contribution < -0.4 is 10.6 Å². The van der Waals surface area contributed by atoms with Gasteiger partial charge in [-0.2, -0.15) is 0 Å². The highest BCUT2D eigenvalue weighted by atomic mass is 15.2. The van der Waals surface area contributed by atoms with Crippen LogP contribution in [0.25, 0.3) is 0 Å². The standard InChI is InChI=1S/C27H40N6/c1-28-27(31-25-13-18-33(19-14-25)22-26-12-6-7-15-29-26)30-20-23-10-4-5-11-24(23)21-32-16-8-2-3-9-17-32/h4-7,10-12,15,25H,2-3,8-9,13-14,16-22H2,1H3,(H2,28,30,31). The zero-order valence-electron chi connectivity index (χ0n) is 20.2. The van der Waals surface area contributed by atoms with Crippen molar-refractivity contribution in [3.8, 4) is 0 Å². The lowest BCUT2D eigenvalue weighted by molar-refractivity contribution is 0.196. The van der Waals surface area contributed by atoms with Gasteiger partial charge in [0.05, 0.1) is 5.69 Å². The Morgan fingerprint density at radius 2 is 1.58 bits per heavy atom. The summed E-state index contributed by atoms with van der Waals surface area (Å²) in [5, 5.41) is 7.23. The van der Waals surface area contributed by atoms with E-state index in [9.17, 15) is 0 Å². The van der Waals surface area contributed by atoms with Crippen molar-refractivity contribution < 1.29 is 0 Å². The van der Waals surface area contributed by atoms with E-state index in [1.807, 2.05) is 19.3 Å². The number of benzene rings is 1. The third-order valence-corrected chi connectivity index (χ3v) is 6.92. The van der Waals surface area contributed by atoms with Crippen molar-refractivity contribution in [3.05, 3.63) is 65.5 Å². The molecule has 2 aliphatic rings. The van der Waals surface area contributed by atoms with Gasteiger partial charge in [0.1, 0.15) is 0 Å². The maximum atomic E-state index is 4.50. The molecule has 0 saturated carbocycles. The number of nitrogens with one attached hydrogen (secondary N) is 2. The summed E-state index contributed by atoms with van der Waals surface area (Å²) in [6.45, 7) is 7.43. The molecule has 0 bridgehead atoms. The molecule has 0 amide bonds. The van der Waals surface area contributed by atoms with Gasteiger partial charge in [0.2, 0.25) is 0 Å². The minimum absolute atomic E-state index is 0.462. The van der Waals surface area contributed by atoms with Gasteiger partial charge in [0, 0.05) is 52.0 Å². The monoisotopic (exact) mass is 448 g/mol. The Kier molecular flexibility index (Phi) is 9.13. The first-order valence-corrected chi connectivity index (χ1v) is 12.7. The molecular weight excluding hydrogens is 408 g/mol. The van der Waals surface area contributed by atoms with Gasteiger partial charge in [0.15, 0.2) is 5.96 Å². The average Bonchev–Trinajstić information content (AvgIpc) is 3.13. The summed E-state index contributed by atoms with van der Waals surface area (Å²) in [5.41, 5.74) is 3.96. The van der Waals surface area contributed by atoms with E-state index in [0.29, 0.717) is 6.04 Å². The molecule has 0 spiro atoms. The number of hydrogen-bond acceptors (Lipinski definition) is 4. The molecule has 33 heavy (non-hydrogen) atoms. The van der Waals surface area contributed by atoms with E-state index in [1.165, 1.54) is 49.9 Å². The van der Waals surface area contributed by atoms with Gasteiger partial charge < -0.3 is 10.6 Å². The second-order valence-corrected chi connectivity index (χ2v) is 9.40. The van der Waals surface area contributed by atoms with Crippen LogP contribution in [-0.2, 0) is 19.6 Å². The normalized spacial score (nSPS) is 19.2. The molecule has 2 aliphatic heterocycles. The van der Waals surface area contributed by atoms with Crippen molar-refractivity contribution in [2.75, 3.05) is 33.2 Å². The topological polar surface area (TPSA) is 55.8 Å². The summed E-state index contributed by atoms with van der Waals surface area (Å²) in [6.07, 6.45) is 9.55. The third kappa shape index (κ3) is 7.54. The predicted octanol–water partition coefficient (Wildman–Crippen LogP) is 3.79. The third-order valence-electron chi connectivity index (χ3n) is 6.92. The molecule has 0 unspecified atom stereocenters. The number of aromatic nitrogens is 1. The van der Waals surface area contributed by atoms with Gasteiger partial charge >= 0.3 is 0 Å². The number of guanidine groups is 1. The summed E-state index contributed by atoms with van der Waals surface area (Å²) in [6, 6.07) is 15.5. The molecule has 0 radical (unpaired) electrons. The maximum Gasteiger partial charge on any atom is 0.191 e. The van der Waals surface area contributed by atoms with Gasteiger partial charge in [-0.3, -0.25) is 19.8 Å². The number of piperidine rings is 1. The van der Waals surface area contributed by atoms with E-state index in [4.69, 9.17) is 0 Å². The first kappa shape index (κ1) is 23.7. The fourth-order valence-electron chi connectivity index (χ4n) is 4.94. The Balaban J connectivity index is 1.24. The molecule has 1 aromatic carbocycles. The Morgan fingerprint density at radius 3 is 2.27 bits per heavy atom. The molecule has 178 valence electrons. The average molecular weight is 449 g/mol. The zero-order valence-corrected chi connectivity index (χ0v) is 20.2. The van der Waals surface area contributed by atoms with Crippen LogP contribution in [0.5, 0.6) is 0 Å². The summed E-state index contributed by atoms with van der Waals surface area (Å²) < 4.78 is 0. The van der Waals surface area contributed by atoms with Crippen molar-refractivity contribution in [2.45, 2.75) is 64.2 Å². The number of hydrogen-bond donors (Lipinski definition) is 2. The van der Waals surface area contributed by atoms with E-state index < -0.39 is 0 Å². The second-order valence-electron chi connectivity index (χ2n) is 9.40. The smallest absolute Gasteiger partial charge is 0.191 e. The first-order valence-electron chi connectivity index (χ1n) is 12.7. The van der Waals surface area contributed by atoms with Crippen LogP contribution in [-0.4, -0.2) is 60.0 Å². The van der Waals surface area contributed by atoms with Gasteiger partial charge in [-0.1, -0.05) is 43.2 Å². The van der Waals surface area contributed by atoms with Crippen LogP contribution >= 0.6 is 0 Å². The number of nitrogens with zero attached hydrogens (tertiary/aromatic N) is 4. The van der Waals surface area contributed by atoms with Gasteiger partial charge in [-0.05, 0) is 62.0 Å². The molecule has 0 aliphatic carbocycles. The molecule has 1 aromatic heterocycles. The highest BCUT2D eigenvalue weighted by Gasteiger charge is 2.20. The SMILES string of the molecule is CN=C(NCc1ccccc1CN1CCCCCC1)NC1CCN(Cc2ccccn2)CC1. The quantitative estimate of drug-likeness (QED) is 0.499. The van der Waals surface area contributed by atoms with Crippen molar-refractivity contribution >= 4 is 5.96 Å². The number of rotatable bonds is 7. The summed E-state index contributed by atoms with van der Waals surface area (Å²) in [4.78, 5) is 14.1. The molecular formula is C27H40N6. The molecule has 2 N–H and O–H groups in total. The van der Waals surface area contributed by atoms with Gasteiger partial charge in [-0.25, -0.2) is 0 Å². The van der Waals surface area contributed by atoms with Gasteiger partial charge in [0.25, 0.3) is 0 Å². The zero-order chi connectivity index (χ0) is 22.7. The minimum Gasteiger partial charge on any atom is -0.354 e. The van der Waals surface area contributed by atoms with Crippen LogP contribution in [0.4, 0.5) is 0 Å². The summed E-state index contributed by atoms with van der Waals surface area (Å²) in [5.74, 6) is 0.905. The van der Waals surface area contributed by atoms with E-state index in [-0.39, 0.29) is 0 Å². The number of aliphatic imine (C=N–C) groups is 1. The molecule has 3 heterocycles. The Labute approximate surface area is 199 Å². The molecule has 6 heteroatoms. The van der Waals surface area contributed by atoms with Crippen LogP contribution in [0.15, 0.2) is 53.7 Å². The summed E-state index contributed by atoms with van der Waals surface area (Å²) >= 11 is 0. The van der Waals surface area contributed by atoms with E-state index >= 15 is 0 Å². The molecule has 4 rings (SSSR count). The molecule has 6 nitrogen and oxygen atoms in total. The lowest BCUT2D eigenvalue weighted by atomic mass is 10.0. The molecule has 0 atom stereocenters. The van der Waals surface area contributed by atoms with Crippen molar-refractivity contribution in [1.82, 2.24) is 25.4 Å². The maximum absolute atomic E-state index is 4.50. The van der Waals surface area contributed by atoms with E-state index in [0.717, 1.165) is 57.2 Å². The fourth-order valence-corrected chi connectivity index (χ4v) is 4.94. The first-order chi connectivity index (χ1) is 16.3. The highest BCUT2D eigenvalue weighted by Crippen LogP contribution is 2.17. The minimum atomic E-state index is 0.462.